The van der Waals surface area contributed by atoms with Crippen molar-refractivity contribution in [3.8, 4) is 11.8 Å². The molecule has 0 amide bonds. The molecule has 2 N–H and O–H groups in total. The van der Waals surface area contributed by atoms with Crippen molar-refractivity contribution in [3.63, 3.8) is 0 Å². The molecule has 15 heavy (non-hydrogen) atoms. The Hall–Kier alpha value is -1.53. The van der Waals surface area contributed by atoms with Crippen LogP contribution < -0.4 is 10.5 Å². The molecule has 1 aromatic carbocycles. The molecule has 3 nitrogen and oxygen atoms in total. The molecule has 1 unspecified atom stereocenters. The first kappa shape index (κ1) is 11.5. The number of nitrogens with two attached hydrogens (primary N) is 1. The Bertz CT molecular complexity index is 393. The van der Waals surface area contributed by atoms with Crippen LogP contribution in [0.5, 0.6) is 5.75 Å². The molecule has 0 aliphatic heterocycles. The van der Waals surface area contributed by atoms with Crippen molar-refractivity contribution in [2.75, 3.05) is 7.11 Å². The first-order valence-corrected chi connectivity index (χ1v) is 4.87. The number of hydrogen-bond acceptors (Lipinski definition) is 3. The van der Waals surface area contributed by atoms with Gasteiger partial charge < -0.3 is 10.5 Å². The first-order chi connectivity index (χ1) is 7.08. The van der Waals surface area contributed by atoms with Crippen molar-refractivity contribution in [1.29, 1.82) is 5.26 Å². The van der Waals surface area contributed by atoms with Crippen molar-refractivity contribution in [2.45, 2.75) is 26.3 Å². The Morgan fingerprint density at radius 1 is 1.40 bits per heavy atom. The summed E-state index contributed by atoms with van der Waals surface area (Å²) in [6.45, 7) is 3.99. The van der Waals surface area contributed by atoms with Gasteiger partial charge in [0.25, 0.3) is 0 Å². The highest BCUT2D eigenvalue weighted by molar-refractivity contribution is 5.42. The van der Waals surface area contributed by atoms with Crippen LogP contribution in [0, 0.1) is 25.2 Å². The van der Waals surface area contributed by atoms with Gasteiger partial charge >= 0.3 is 0 Å². The molecule has 0 saturated carbocycles. The molecule has 0 fully saturated rings. The molecule has 3 heteroatoms. The number of benzene rings is 1. The maximum Gasteiger partial charge on any atom is 0.122 e. The zero-order valence-corrected chi connectivity index (χ0v) is 9.37. The van der Waals surface area contributed by atoms with Gasteiger partial charge in [-0.1, -0.05) is 6.07 Å². The molecule has 0 spiro atoms. The fourth-order valence-corrected chi connectivity index (χ4v) is 1.57. The predicted octanol–water partition coefficient (Wildman–Crippen LogP) is 1.71. The summed E-state index contributed by atoms with van der Waals surface area (Å²) in [6.07, 6.45) is 0.590. The number of aryl methyl sites for hydroxylation is 2. The van der Waals surface area contributed by atoms with Crippen LogP contribution in [0.3, 0.4) is 0 Å². The lowest BCUT2D eigenvalue weighted by Crippen LogP contribution is -2.20. The maximum absolute atomic E-state index is 8.66. The lowest BCUT2D eigenvalue weighted by molar-refractivity contribution is 0.411. The smallest absolute Gasteiger partial charge is 0.122 e. The fraction of sp³-hybridized carbons (Fsp3) is 0.417. The van der Waals surface area contributed by atoms with Gasteiger partial charge in [0.05, 0.1) is 19.2 Å². The average Bonchev–Trinajstić information content (AvgIpc) is 2.22. The van der Waals surface area contributed by atoms with Crippen LogP contribution in [-0.4, -0.2) is 13.2 Å². The van der Waals surface area contributed by atoms with Crippen LogP contribution in [0.25, 0.3) is 0 Å². The lowest BCUT2D eigenvalue weighted by atomic mass is 9.99. The van der Waals surface area contributed by atoms with Crippen LogP contribution in [0.1, 0.15) is 16.7 Å². The molecule has 0 saturated heterocycles. The van der Waals surface area contributed by atoms with E-state index < -0.39 is 6.04 Å². The molecular formula is C12H16N2O. The van der Waals surface area contributed by atoms with Crippen LogP contribution in [-0.2, 0) is 6.42 Å². The third-order valence-electron chi connectivity index (χ3n) is 2.46. The van der Waals surface area contributed by atoms with Gasteiger partial charge in [-0.15, -0.1) is 0 Å². The van der Waals surface area contributed by atoms with E-state index >= 15 is 0 Å². The van der Waals surface area contributed by atoms with E-state index in [0.717, 1.165) is 22.4 Å². The Kier molecular flexibility index (Phi) is 3.70. The molecule has 0 radical (unpaired) electrons. The summed E-state index contributed by atoms with van der Waals surface area (Å²) in [5.41, 5.74) is 8.90. The number of nitrogens with zero attached hydrogens (tertiary/aromatic N) is 1. The van der Waals surface area contributed by atoms with Gasteiger partial charge in [0.2, 0.25) is 0 Å². The Labute approximate surface area is 90.5 Å². The minimum atomic E-state index is -0.434. The highest BCUT2D eigenvalue weighted by Crippen LogP contribution is 2.23. The van der Waals surface area contributed by atoms with Crippen molar-refractivity contribution >= 4 is 0 Å². The summed E-state index contributed by atoms with van der Waals surface area (Å²) >= 11 is 0. The average molecular weight is 204 g/mol. The SMILES string of the molecule is COc1cc(C)c(CC(N)C#N)cc1C. The Balaban J connectivity index is 3.01. The summed E-state index contributed by atoms with van der Waals surface area (Å²) in [4.78, 5) is 0. The molecule has 0 heterocycles. The van der Waals surface area contributed by atoms with Gasteiger partial charge in [-0.05, 0) is 36.6 Å². The van der Waals surface area contributed by atoms with E-state index in [9.17, 15) is 0 Å². The molecule has 0 bridgehead atoms. The second kappa shape index (κ2) is 4.81. The molecular weight excluding hydrogens is 188 g/mol. The van der Waals surface area contributed by atoms with Gasteiger partial charge in [-0.25, -0.2) is 0 Å². The third-order valence-corrected chi connectivity index (χ3v) is 2.46. The van der Waals surface area contributed by atoms with Gasteiger partial charge in [0, 0.05) is 6.42 Å². The van der Waals surface area contributed by atoms with Gasteiger partial charge in [0.15, 0.2) is 0 Å². The van der Waals surface area contributed by atoms with Crippen molar-refractivity contribution in [2.24, 2.45) is 5.73 Å². The van der Waals surface area contributed by atoms with Crippen LogP contribution in [0.15, 0.2) is 12.1 Å². The lowest BCUT2D eigenvalue weighted by Gasteiger charge is -2.11. The zero-order chi connectivity index (χ0) is 11.4. The molecule has 0 aliphatic rings. The Morgan fingerprint density at radius 2 is 2.07 bits per heavy atom. The van der Waals surface area contributed by atoms with E-state index in [2.05, 4.69) is 0 Å². The van der Waals surface area contributed by atoms with Crippen molar-refractivity contribution in [3.05, 3.63) is 28.8 Å². The van der Waals surface area contributed by atoms with Gasteiger partial charge in [0.1, 0.15) is 5.75 Å². The molecule has 1 aromatic rings. The topological polar surface area (TPSA) is 59.0 Å². The first-order valence-electron chi connectivity index (χ1n) is 4.87. The summed E-state index contributed by atoms with van der Waals surface area (Å²) in [5, 5.41) is 8.66. The monoisotopic (exact) mass is 204 g/mol. The molecule has 1 rings (SSSR count). The normalized spacial score (nSPS) is 11.9. The summed E-state index contributed by atoms with van der Waals surface area (Å²) in [5.74, 6) is 0.877. The van der Waals surface area contributed by atoms with Crippen LogP contribution in [0.4, 0.5) is 0 Å². The number of rotatable bonds is 3. The second-order valence-corrected chi connectivity index (χ2v) is 3.69. The largest absolute Gasteiger partial charge is 0.496 e. The minimum Gasteiger partial charge on any atom is -0.496 e. The van der Waals surface area contributed by atoms with Crippen LogP contribution in [0.2, 0.25) is 0 Å². The highest BCUT2D eigenvalue weighted by Gasteiger charge is 2.08. The zero-order valence-electron chi connectivity index (χ0n) is 9.37. The molecule has 1 atom stereocenters. The molecule has 80 valence electrons. The minimum absolute atomic E-state index is 0.434. The van der Waals surface area contributed by atoms with E-state index in [1.54, 1.807) is 7.11 Å². The van der Waals surface area contributed by atoms with E-state index in [0.29, 0.717) is 6.42 Å². The van der Waals surface area contributed by atoms with E-state index in [-0.39, 0.29) is 0 Å². The maximum atomic E-state index is 8.66. The number of methoxy groups -OCH3 is 1. The summed E-state index contributed by atoms with van der Waals surface area (Å²) in [7, 11) is 1.66. The standard InChI is InChI=1S/C12H16N2O/c1-8-5-12(15-3)9(2)4-10(8)6-11(14)7-13/h4-5,11H,6,14H2,1-3H3. The Morgan fingerprint density at radius 3 is 2.60 bits per heavy atom. The van der Waals surface area contributed by atoms with Gasteiger partial charge in [-0.2, -0.15) is 5.26 Å². The number of ether oxygens (including phenoxy) is 1. The second-order valence-electron chi connectivity index (χ2n) is 3.69. The highest BCUT2D eigenvalue weighted by atomic mass is 16.5. The van der Waals surface area contributed by atoms with E-state index in [4.69, 9.17) is 15.7 Å². The fourth-order valence-electron chi connectivity index (χ4n) is 1.57. The van der Waals surface area contributed by atoms with Crippen molar-refractivity contribution < 1.29 is 4.74 Å². The molecule has 0 aromatic heterocycles. The third kappa shape index (κ3) is 2.71. The number of nitriles is 1. The molecule has 0 aliphatic carbocycles. The number of hydrogen-bond donors (Lipinski definition) is 1. The quantitative estimate of drug-likeness (QED) is 0.815. The summed E-state index contributed by atoms with van der Waals surface area (Å²) in [6, 6.07) is 5.62. The van der Waals surface area contributed by atoms with E-state index in [1.165, 1.54) is 0 Å². The predicted molar refractivity (Wildman–Crippen MR) is 59.8 cm³/mol. The van der Waals surface area contributed by atoms with Crippen molar-refractivity contribution in [1.82, 2.24) is 0 Å². The van der Waals surface area contributed by atoms with E-state index in [1.807, 2.05) is 32.0 Å². The summed E-state index contributed by atoms with van der Waals surface area (Å²) < 4.78 is 5.22. The van der Waals surface area contributed by atoms with Crippen LogP contribution >= 0.6 is 0 Å². The van der Waals surface area contributed by atoms with Gasteiger partial charge in [-0.3, -0.25) is 0 Å².